The molecule has 4 nitrogen and oxygen atoms in total. The van der Waals surface area contributed by atoms with Crippen molar-refractivity contribution in [1.29, 1.82) is 0 Å². The molecule has 0 fully saturated rings. The summed E-state index contributed by atoms with van der Waals surface area (Å²) in [4.78, 5) is 4.21. The van der Waals surface area contributed by atoms with Gasteiger partial charge in [0.2, 0.25) is 0 Å². The highest BCUT2D eigenvalue weighted by Crippen LogP contribution is 2.24. The van der Waals surface area contributed by atoms with Gasteiger partial charge in [-0.2, -0.15) is 0 Å². The predicted molar refractivity (Wildman–Crippen MR) is 72.0 cm³/mol. The molecule has 0 aliphatic heterocycles. The molecule has 0 aliphatic rings. The standard InChI is InChI=1S/C13H16N2O2S/c1-9(10-4-12(16)6-13(17)5-10)14-3-2-11-7-18-8-15-11/h4-9,14,16-17H,2-3H2,1H3. The predicted octanol–water partition coefficient (Wildman–Crippen LogP) is 2.45. The van der Waals surface area contributed by atoms with Crippen LogP contribution in [-0.2, 0) is 6.42 Å². The Balaban J connectivity index is 1.89. The zero-order valence-corrected chi connectivity index (χ0v) is 10.9. The van der Waals surface area contributed by atoms with Crippen LogP contribution < -0.4 is 5.32 Å². The lowest BCUT2D eigenvalue weighted by Crippen LogP contribution is -2.21. The fourth-order valence-electron chi connectivity index (χ4n) is 1.76. The molecule has 0 saturated carbocycles. The fourth-order valence-corrected chi connectivity index (χ4v) is 2.36. The van der Waals surface area contributed by atoms with E-state index >= 15 is 0 Å². The zero-order chi connectivity index (χ0) is 13.0. The molecule has 0 aliphatic carbocycles. The number of hydrogen-bond donors (Lipinski definition) is 3. The Morgan fingerprint density at radius 1 is 1.28 bits per heavy atom. The minimum atomic E-state index is 0.0710. The summed E-state index contributed by atoms with van der Waals surface area (Å²) in [5.41, 5.74) is 3.77. The first kappa shape index (κ1) is 12.9. The minimum absolute atomic E-state index is 0.0710. The fraction of sp³-hybridized carbons (Fsp3) is 0.308. The number of nitrogens with zero attached hydrogens (tertiary/aromatic N) is 1. The lowest BCUT2D eigenvalue weighted by atomic mass is 10.1. The molecule has 96 valence electrons. The average molecular weight is 264 g/mol. The molecule has 0 bridgehead atoms. The second-order valence-electron chi connectivity index (χ2n) is 4.19. The van der Waals surface area contributed by atoms with E-state index in [4.69, 9.17) is 0 Å². The molecule has 1 aromatic carbocycles. The third kappa shape index (κ3) is 3.45. The molecule has 5 heteroatoms. The summed E-state index contributed by atoms with van der Waals surface area (Å²) in [6.45, 7) is 2.80. The lowest BCUT2D eigenvalue weighted by Gasteiger charge is -2.14. The number of rotatable bonds is 5. The van der Waals surface area contributed by atoms with Crippen LogP contribution in [0, 0.1) is 0 Å². The molecule has 18 heavy (non-hydrogen) atoms. The summed E-state index contributed by atoms with van der Waals surface area (Å²) in [7, 11) is 0. The van der Waals surface area contributed by atoms with Crippen LogP contribution in [0.4, 0.5) is 0 Å². The van der Waals surface area contributed by atoms with Crippen molar-refractivity contribution in [3.05, 3.63) is 40.3 Å². The molecule has 1 unspecified atom stereocenters. The van der Waals surface area contributed by atoms with Crippen LogP contribution in [0.5, 0.6) is 11.5 Å². The summed E-state index contributed by atoms with van der Waals surface area (Å²) in [5, 5.41) is 24.2. The van der Waals surface area contributed by atoms with Gasteiger partial charge in [0.25, 0.3) is 0 Å². The number of hydrogen-bond acceptors (Lipinski definition) is 5. The zero-order valence-electron chi connectivity index (χ0n) is 10.1. The third-order valence-electron chi connectivity index (χ3n) is 2.74. The van der Waals surface area contributed by atoms with Crippen LogP contribution in [0.3, 0.4) is 0 Å². The number of nitrogens with one attached hydrogen (secondary N) is 1. The molecule has 2 rings (SSSR count). The highest BCUT2D eigenvalue weighted by atomic mass is 32.1. The van der Waals surface area contributed by atoms with Crippen LogP contribution >= 0.6 is 11.3 Å². The second kappa shape index (κ2) is 5.84. The van der Waals surface area contributed by atoms with Gasteiger partial charge in [-0.25, -0.2) is 4.98 Å². The van der Waals surface area contributed by atoms with E-state index in [1.54, 1.807) is 23.5 Å². The Kier molecular flexibility index (Phi) is 4.17. The number of phenols is 2. The van der Waals surface area contributed by atoms with Crippen molar-refractivity contribution in [2.75, 3.05) is 6.54 Å². The smallest absolute Gasteiger partial charge is 0.119 e. The van der Waals surface area contributed by atoms with Crippen LogP contribution in [0.2, 0.25) is 0 Å². The second-order valence-corrected chi connectivity index (χ2v) is 4.91. The van der Waals surface area contributed by atoms with E-state index in [0.29, 0.717) is 0 Å². The maximum Gasteiger partial charge on any atom is 0.119 e. The van der Waals surface area contributed by atoms with Crippen LogP contribution in [-0.4, -0.2) is 21.7 Å². The van der Waals surface area contributed by atoms with Crippen molar-refractivity contribution in [2.45, 2.75) is 19.4 Å². The van der Waals surface area contributed by atoms with Crippen LogP contribution in [0.25, 0.3) is 0 Å². The topological polar surface area (TPSA) is 65.4 Å². The Hall–Kier alpha value is -1.59. The van der Waals surface area contributed by atoms with Crippen LogP contribution in [0.15, 0.2) is 29.1 Å². The van der Waals surface area contributed by atoms with E-state index in [0.717, 1.165) is 24.2 Å². The maximum atomic E-state index is 9.42. The lowest BCUT2D eigenvalue weighted by molar-refractivity contribution is 0.446. The van der Waals surface area contributed by atoms with Gasteiger partial charge < -0.3 is 15.5 Å². The summed E-state index contributed by atoms with van der Waals surface area (Å²) in [5.74, 6) is 0.163. The minimum Gasteiger partial charge on any atom is -0.508 e. The monoisotopic (exact) mass is 264 g/mol. The first-order valence-corrected chi connectivity index (χ1v) is 6.73. The molecule has 2 aromatic rings. The van der Waals surface area contributed by atoms with Gasteiger partial charge in [-0.15, -0.1) is 11.3 Å². The van der Waals surface area contributed by atoms with Crippen LogP contribution in [0.1, 0.15) is 24.2 Å². The Morgan fingerprint density at radius 3 is 2.61 bits per heavy atom. The largest absolute Gasteiger partial charge is 0.508 e. The molecule has 1 aromatic heterocycles. The van der Waals surface area contributed by atoms with Crippen molar-refractivity contribution in [2.24, 2.45) is 0 Å². The van der Waals surface area contributed by atoms with Gasteiger partial charge in [0, 0.05) is 30.5 Å². The first-order chi connectivity index (χ1) is 8.65. The van der Waals surface area contributed by atoms with Gasteiger partial charge in [0.05, 0.1) is 11.2 Å². The van der Waals surface area contributed by atoms with Gasteiger partial charge >= 0.3 is 0 Å². The number of aromatic hydroxyl groups is 2. The summed E-state index contributed by atoms with van der Waals surface area (Å²) in [6, 6.07) is 4.70. The van der Waals surface area contributed by atoms with Crippen molar-refractivity contribution in [1.82, 2.24) is 10.3 Å². The molecule has 3 N–H and O–H groups in total. The molecule has 0 radical (unpaired) electrons. The quantitative estimate of drug-likeness (QED) is 0.776. The molecule has 1 heterocycles. The SMILES string of the molecule is CC(NCCc1cscn1)c1cc(O)cc(O)c1. The van der Waals surface area contributed by atoms with E-state index in [1.807, 2.05) is 17.8 Å². The van der Waals surface area contributed by atoms with E-state index in [-0.39, 0.29) is 17.5 Å². The van der Waals surface area contributed by atoms with Gasteiger partial charge in [-0.3, -0.25) is 0 Å². The van der Waals surface area contributed by atoms with Gasteiger partial charge in [-0.1, -0.05) is 0 Å². The van der Waals surface area contributed by atoms with Crippen molar-refractivity contribution >= 4 is 11.3 Å². The van der Waals surface area contributed by atoms with Gasteiger partial charge in [0.1, 0.15) is 11.5 Å². The first-order valence-electron chi connectivity index (χ1n) is 5.78. The summed E-state index contributed by atoms with van der Waals surface area (Å²) >= 11 is 1.59. The number of benzene rings is 1. The third-order valence-corrected chi connectivity index (χ3v) is 3.38. The van der Waals surface area contributed by atoms with E-state index < -0.39 is 0 Å². The Bertz CT molecular complexity index is 479. The molecule has 0 saturated heterocycles. The maximum absolute atomic E-state index is 9.42. The highest BCUT2D eigenvalue weighted by molar-refractivity contribution is 7.07. The van der Waals surface area contributed by atoms with Crippen molar-refractivity contribution in [3.63, 3.8) is 0 Å². The number of phenolic OH excluding ortho intramolecular Hbond substituents is 2. The molecule has 1 atom stereocenters. The van der Waals surface area contributed by atoms with Gasteiger partial charge in [0.15, 0.2) is 0 Å². The number of thiazole rings is 1. The molecule has 0 amide bonds. The van der Waals surface area contributed by atoms with E-state index in [9.17, 15) is 10.2 Å². The van der Waals surface area contributed by atoms with E-state index in [1.165, 1.54) is 6.07 Å². The average Bonchev–Trinajstić information content (AvgIpc) is 2.80. The summed E-state index contributed by atoms with van der Waals surface area (Å²) in [6.07, 6.45) is 0.874. The molecular formula is C13H16N2O2S. The van der Waals surface area contributed by atoms with Crippen molar-refractivity contribution in [3.8, 4) is 11.5 Å². The molecular weight excluding hydrogens is 248 g/mol. The molecule has 0 spiro atoms. The van der Waals surface area contributed by atoms with Gasteiger partial charge in [-0.05, 0) is 24.6 Å². The van der Waals surface area contributed by atoms with E-state index in [2.05, 4.69) is 10.3 Å². The normalized spacial score (nSPS) is 12.5. The Labute approximate surface area is 110 Å². The number of aromatic nitrogens is 1. The highest BCUT2D eigenvalue weighted by Gasteiger charge is 2.07. The Morgan fingerprint density at radius 2 is 2.00 bits per heavy atom. The van der Waals surface area contributed by atoms with Crippen molar-refractivity contribution < 1.29 is 10.2 Å². The summed E-state index contributed by atoms with van der Waals surface area (Å²) < 4.78 is 0.